The molecule has 1 aliphatic heterocycles. The van der Waals surface area contributed by atoms with Crippen molar-refractivity contribution in [1.82, 2.24) is 24.8 Å². The predicted molar refractivity (Wildman–Crippen MR) is 100 cm³/mol. The topological polar surface area (TPSA) is 77.0 Å². The van der Waals surface area contributed by atoms with Crippen molar-refractivity contribution in [3.05, 3.63) is 53.2 Å². The first-order valence-corrected chi connectivity index (χ1v) is 9.25. The molecule has 0 aliphatic carbocycles. The SMILES string of the molecule is Cc1noc(-c2cn(C)nc2[C@H]2CCCCN2C(=O)c2ccccn2)c1C. The lowest BCUT2D eigenvalue weighted by molar-refractivity contribution is 0.0599. The van der Waals surface area contributed by atoms with Crippen LogP contribution in [0.25, 0.3) is 11.3 Å². The fourth-order valence-electron chi connectivity index (χ4n) is 3.69. The van der Waals surface area contributed by atoms with E-state index >= 15 is 0 Å². The largest absolute Gasteiger partial charge is 0.356 e. The first-order valence-electron chi connectivity index (χ1n) is 9.25. The van der Waals surface area contributed by atoms with E-state index in [0.29, 0.717) is 12.2 Å². The molecule has 0 saturated carbocycles. The van der Waals surface area contributed by atoms with E-state index in [1.54, 1.807) is 16.9 Å². The molecular formula is C20H23N5O2. The van der Waals surface area contributed by atoms with Crippen LogP contribution in [0.5, 0.6) is 0 Å². The molecule has 4 rings (SSSR count). The maximum absolute atomic E-state index is 13.1. The number of carbonyl (C=O) groups is 1. The summed E-state index contributed by atoms with van der Waals surface area (Å²) in [5.74, 6) is 0.675. The number of carbonyl (C=O) groups excluding carboxylic acids is 1. The van der Waals surface area contributed by atoms with Crippen LogP contribution in [-0.2, 0) is 7.05 Å². The Balaban J connectivity index is 1.75. The smallest absolute Gasteiger partial charge is 0.273 e. The minimum Gasteiger partial charge on any atom is -0.356 e. The number of aryl methyl sites for hydroxylation is 2. The van der Waals surface area contributed by atoms with Crippen molar-refractivity contribution in [1.29, 1.82) is 0 Å². The van der Waals surface area contributed by atoms with Crippen LogP contribution >= 0.6 is 0 Å². The Hall–Kier alpha value is -2.96. The van der Waals surface area contributed by atoms with Gasteiger partial charge >= 0.3 is 0 Å². The second-order valence-corrected chi connectivity index (χ2v) is 7.05. The minimum atomic E-state index is -0.103. The van der Waals surface area contributed by atoms with E-state index in [1.165, 1.54) is 0 Å². The number of hydrogen-bond donors (Lipinski definition) is 0. The maximum atomic E-state index is 13.1. The van der Waals surface area contributed by atoms with Crippen LogP contribution in [0, 0.1) is 13.8 Å². The number of hydrogen-bond acceptors (Lipinski definition) is 5. The molecule has 3 aromatic rings. The first-order chi connectivity index (χ1) is 13.1. The molecular weight excluding hydrogens is 342 g/mol. The second-order valence-electron chi connectivity index (χ2n) is 7.05. The summed E-state index contributed by atoms with van der Waals surface area (Å²) in [6, 6.07) is 5.31. The molecule has 1 amide bonds. The number of rotatable bonds is 3. The highest BCUT2D eigenvalue weighted by Crippen LogP contribution is 2.38. The van der Waals surface area contributed by atoms with Gasteiger partial charge in [-0.2, -0.15) is 5.10 Å². The molecule has 7 heteroatoms. The summed E-state index contributed by atoms with van der Waals surface area (Å²) in [7, 11) is 1.89. The molecule has 0 bridgehead atoms. The zero-order valence-electron chi connectivity index (χ0n) is 15.8. The lowest BCUT2D eigenvalue weighted by Gasteiger charge is -2.35. The van der Waals surface area contributed by atoms with E-state index in [1.807, 2.05) is 44.1 Å². The third-order valence-corrected chi connectivity index (χ3v) is 5.22. The van der Waals surface area contributed by atoms with Crippen molar-refractivity contribution in [3.8, 4) is 11.3 Å². The number of piperidine rings is 1. The quantitative estimate of drug-likeness (QED) is 0.710. The van der Waals surface area contributed by atoms with Crippen molar-refractivity contribution in [2.24, 2.45) is 7.05 Å². The number of amides is 1. The van der Waals surface area contributed by atoms with Crippen LogP contribution in [0.3, 0.4) is 0 Å². The third kappa shape index (κ3) is 3.13. The van der Waals surface area contributed by atoms with E-state index in [9.17, 15) is 4.79 Å². The lowest BCUT2D eigenvalue weighted by Crippen LogP contribution is -2.39. The van der Waals surface area contributed by atoms with E-state index in [4.69, 9.17) is 9.62 Å². The van der Waals surface area contributed by atoms with Gasteiger partial charge in [0.1, 0.15) is 5.69 Å². The van der Waals surface area contributed by atoms with Crippen LogP contribution in [0.2, 0.25) is 0 Å². The molecule has 1 fully saturated rings. The van der Waals surface area contributed by atoms with E-state index < -0.39 is 0 Å². The van der Waals surface area contributed by atoms with Gasteiger partial charge < -0.3 is 9.42 Å². The molecule has 0 unspecified atom stereocenters. The first kappa shape index (κ1) is 17.5. The molecule has 7 nitrogen and oxygen atoms in total. The zero-order chi connectivity index (χ0) is 19.0. The number of pyridine rings is 1. The van der Waals surface area contributed by atoms with Gasteiger partial charge in [0.05, 0.1) is 23.0 Å². The molecule has 0 aromatic carbocycles. The van der Waals surface area contributed by atoms with E-state index in [0.717, 1.165) is 47.5 Å². The van der Waals surface area contributed by atoms with Crippen LogP contribution < -0.4 is 0 Å². The Kier molecular flexibility index (Phi) is 4.51. The Bertz CT molecular complexity index is 960. The van der Waals surface area contributed by atoms with Gasteiger partial charge in [-0.25, -0.2) is 0 Å². The normalized spacial score (nSPS) is 17.3. The van der Waals surface area contributed by atoms with Crippen LogP contribution in [0.4, 0.5) is 0 Å². The van der Waals surface area contributed by atoms with Crippen molar-refractivity contribution in [2.45, 2.75) is 39.2 Å². The molecule has 140 valence electrons. The lowest BCUT2D eigenvalue weighted by atomic mass is 9.95. The van der Waals surface area contributed by atoms with Gasteiger partial charge in [0.25, 0.3) is 5.91 Å². The van der Waals surface area contributed by atoms with Gasteiger partial charge in [0.15, 0.2) is 5.76 Å². The summed E-state index contributed by atoms with van der Waals surface area (Å²) in [4.78, 5) is 19.2. The van der Waals surface area contributed by atoms with Gasteiger partial charge in [0, 0.05) is 31.5 Å². The Labute approximate surface area is 158 Å². The van der Waals surface area contributed by atoms with Crippen LogP contribution in [0.15, 0.2) is 35.1 Å². The summed E-state index contributed by atoms with van der Waals surface area (Å²) in [6.07, 6.45) is 6.51. The average molecular weight is 365 g/mol. The Morgan fingerprint density at radius 2 is 2.11 bits per heavy atom. The third-order valence-electron chi connectivity index (χ3n) is 5.22. The summed E-state index contributed by atoms with van der Waals surface area (Å²) >= 11 is 0. The number of aromatic nitrogens is 4. The molecule has 4 heterocycles. The van der Waals surface area contributed by atoms with Gasteiger partial charge in [-0.1, -0.05) is 11.2 Å². The van der Waals surface area contributed by atoms with Crippen molar-refractivity contribution in [2.75, 3.05) is 6.54 Å². The predicted octanol–water partition coefficient (Wildman–Crippen LogP) is 3.45. The Morgan fingerprint density at radius 3 is 2.81 bits per heavy atom. The average Bonchev–Trinajstić information content (AvgIpc) is 3.24. The summed E-state index contributed by atoms with van der Waals surface area (Å²) in [5.41, 5.74) is 4.10. The summed E-state index contributed by atoms with van der Waals surface area (Å²) in [5, 5.41) is 8.79. The maximum Gasteiger partial charge on any atom is 0.273 e. The fourth-order valence-corrected chi connectivity index (χ4v) is 3.69. The molecule has 3 aromatic heterocycles. The fraction of sp³-hybridized carbons (Fsp3) is 0.400. The molecule has 1 atom stereocenters. The van der Waals surface area contributed by atoms with Crippen molar-refractivity contribution in [3.63, 3.8) is 0 Å². The van der Waals surface area contributed by atoms with Crippen LogP contribution in [-0.4, -0.2) is 37.3 Å². The van der Waals surface area contributed by atoms with Gasteiger partial charge in [-0.15, -0.1) is 0 Å². The van der Waals surface area contributed by atoms with Gasteiger partial charge in [-0.05, 0) is 45.2 Å². The summed E-state index contributed by atoms with van der Waals surface area (Å²) in [6.45, 7) is 4.62. The molecule has 1 aliphatic rings. The highest BCUT2D eigenvalue weighted by Gasteiger charge is 2.34. The van der Waals surface area contributed by atoms with Gasteiger partial charge in [-0.3, -0.25) is 14.5 Å². The zero-order valence-corrected chi connectivity index (χ0v) is 15.8. The van der Waals surface area contributed by atoms with Crippen molar-refractivity contribution >= 4 is 5.91 Å². The van der Waals surface area contributed by atoms with Crippen molar-refractivity contribution < 1.29 is 9.32 Å². The second kappa shape index (κ2) is 6.98. The number of likely N-dealkylation sites (tertiary alicyclic amines) is 1. The monoisotopic (exact) mass is 365 g/mol. The molecule has 27 heavy (non-hydrogen) atoms. The van der Waals surface area contributed by atoms with E-state index in [2.05, 4.69) is 10.1 Å². The summed E-state index contributed by atoms with van der Waals surface area (Å²) < 4.78 is 7.36. The minimum absolute atomic E-state index is 0.0534. The van der Waals surface area contributed by atoms with Crippen LogP contribution in [0.1, 0.15) is 52.7 Å². The molecule has 1 saturated heterocycles. The molecule has 0 radical (unpaired) electrons. The molecule has 0 spiro atoms. The molecule has 0 N–H and O–H groups in total. The standard InChI is InChI=1S/C20H23N5O2/c1-13-14(2)23-27-19(13)15-12-24(3)22-18(15)17-9-5-7-11-25(17)20(26)16-8-4-6-10-21-16/h4,6,8,10,12,17H,5,7,9,11H2,1-3H3/t17-/m1/s1. The highest BCUT2D eigenvalue weighted by atomic mass is 16.5. The number of nitrogens with zero attached hydrogens (tertiary/aromatic N) is 5. The van der Waals surface area contributed by atoms with Gasteiger partial charge in [0.2, 0.25) is 0 Å². The highest BCUT2D eigenvalue weighted by molar-refractivity contribution is 5.92. The Morgan fingerprint density at radius 1 is 1.26 bits per heavy atom. The van der Waals surface area contributed by atoms with E-state index in [-0.39, 0.29) is 11.9 Å².